The maximum absolute atomic E-state index is 10.7. The fraction of sp³-hybridized carbons (Fsp3) is 0.500. The minimum atomic E-state index is -4.12. The van der Waals surface area contributed by atoms with Gasteiger partial charge in [-0.1, -0.05) is 6.58 Å². The molecule has 2 atom stereocenters. The van der Waals surface area contributed by atoms with E-state index in [1.54, 1.807) is 0 Å². The van der Waals surface area contributed by atoms with Crippen LogP contribution in [0.25, 0.3) is 0 Å². The summed E-state index contributed by atoms with van der Waals surface area (Å²) >= 11 is 0. The van der Waals surface area contributed by atoms with E-state index in [-0.39, 0.29) is 59.1 Å². The monoisotopic (exact) mass is 258 g/mol. The van der Waals surface area contributed by atoms with Crippen molar-refractivity contribution in [3.63, 3.8) is 0 Å². The fourth-order valence-electron chi connectivity index (χ4n) is 0.436. The summed E-state index contributed by atoms with van der Waals surface area (Å²) < 4.78 is 18.9. The quantitative estimate of drug-likeness (QED) is 0.344. The van der Waals surface area contributed by atoms with Crippen molar-refractivity contribution in [2.75, 3.05) is 13.7 Å². The second kappa shape index (κ2) is 10.6. The summed E-state index contributed by atoms with van der Waals surface area (Å²) in [5.74, 6) is -0.684. The second-order valence-electron chi connectivity index (χ2n) is 2.07. The molecule has 6 nitrogen and oxygen atoms in total. The molecule has 0 radical (unpaired) electrons. The molecule has 0 rings (SSSR count). The van der Waals surface area contributed by atoms with Crippen LogP contribution in [0.5, 0.6) is 0 Å². The molecule has 0 saturated heterocycles. The normalized spacial score (nSPS) is 15.1. The van der Waals surface area contributed by atoms with Crippen molar-refractivity contribution in [1.29, 1.82) is 0 Å². The van der Waals surface area contributed by atoms with Gasteiger partial charge in [-0.25, -0.2) is 4.57 Å². The van der Waals surface area contributed by atoms with Gasteiger partial charge in [0.25, 0.3) is 0 Å². The van der Waals surface area contributed by atoms with E-state index in [1.807, 2.05) is 0 Å². The van der Waals surface area contributed by atoms with E-state index >= 15 is 0 Å². The summed E-state index contributed by atoms with van der Waals surface area (Å²) in [6.07, 6.45) is -0.600. The zero-order chi connectivity index (χ0) is 10.5. The molecule has 0 heterocycles. The third-order valence-corrected chi connectivity index (χ3v) is 2.09. The van der Waals surface area contributed by atoms with Gasteiger partial charge in [-0.15, -0.1) is 0 Å². The first-order chi connectivity index (χ1) is 5.93. The average Bonchev–Trinajstić information content (AvgIpc) is 2.13. The van der Waals surface area contributed by atoms with Crippen LogP contribution in [0.2, 0.25) is 0 Å². The van der Waals surface area contributed by atoms with E-state index in [2.05, 4.69) is 15.6 Å². The Morgan fingerprint density at radius 3 is 2.40 bits per heavy atom. The molecule has 0 aliphatic carbocycles. The number of phosphoric acid groups is 1. The van der Waals surface area contributed by atoms with Crippen LogP contribution < -0.4 is 0 Å². The van der Waals surface area contributed by atoms with Gasteiger partial charge in [0.1, 0.15) is 6.10 Å². The van der Waals surface area contributed by atoms with Crippen LogP contribution in [-0.2, 0) is 18.4 Å². The Hall–Kier alpha value is 1.48. The third-order valence-electron chi connectivity index (χ3n) is 1.16. The number of carbonyl (C=O) groups excluding carboxylic acids is 1. The molecule has 0 bridgehead atoms. The summed E-state index contributed by atoms with van der Waals surface area (Å²) in [6.45, 7) is 2.51. The van der Waals surface area contributed by atoms with Crippen molar-refractivity contribution in [2.24, 2.45) is 0 Å². The molecule has 0 aromatic heterocycles. The number of rotatable bonds is 6. The van der Waals surface area contributed by atoms with Gasteiger partial charge in [-0.3, -0.25) is 13.8 Å². The predicted molar refractivity (Wildman–Crippen MR) is 58.3 cm³/mol. The van der Waals surface area contributed by atoms with Gasteiger partial charge in [0.2, 0.25) is 0 Å². The van der Waals surface area contributed by atoms with Crippen LogP contribution in [0.3, 0.4) is 0 Å². The number of aliphatic hydroxyl groups excluding tert-OH is 1. The number of phosphoric ester groups is 1. The molecular weight excluding hydrogens is 245 g/mol. The summed E-state index contributed by atoms with van der Waals surface area (Å²) in [7, 11) is -3.15. The molecule has 80 valence electrons. The molecule has 0 spiro atoms. The van der Waals surface area contributed by atoms with Crippen LogP contribution in [-0.4, -0.2) is 94.7 Å². The Bertz CT molecular complexity index is 246. The maximum atomic E-state index is 10.7. The van der Waals surface area contributed by atoms with Crippen molar-refractivity contribution in [3.8, 4) is 0 Å². The van der Waals surface area contributed by atoms with E-state index in [0.717, 1.165) is 13.2 Å². The van der Waals surface area contributed by atoms with Gasteiger partial charge in [0, 0.05) is 7.11 Å². The Balaban J connectivity index is -0.000000720. The molecule has 15 heavy (non-hydrogen) atoms. The van der Waals surface area contributed by atoms with Crippen LogP contribution in [0.4, 0.5) is 0 Å². The summed E-state index contributed by atoms with van der Waals surface area (Å²) in [5.41, 5.74) is 0. The minimum absolute atomic E-state index is 0. The molecular formula is C6H13Na2O6P. The second-order valence-corrected chi connectivity index (χ2v) is 3.63. The molecule has 0 aliphatic rings. The van der Waals surface area contributed by atoms with Crippen LogP contribution in [0.15, 0.2) is 12.7 Å². The Kier molecular flexibility index (Phi) is 15.4. The van der Waals surface area contributed by atoms with E-state index in [9.17, 15) is 9.36 Å². The molecule has 0 amide bonds. The fourth-order valence-corrected chi connectivity index (χ4v) is 0.871. The van der Waals surface area contributed by atoms with Gasteiger partial charge in [-0.2, -0.15) is 0 Å². The summed E-state index contributed by atoms with van der Waals surface area (Å²) in [4.78, 5) is 19.3. The summed E-state index contributed by atoms with van der Waals surface area (Å²) in [6, 6.07) is 0. The first-order valence-corrected chi connectivity index (χ1v) is 4.80. The molecule has 0 aromatic rings. The standard InChI is InChI=1S/C6H11O6P.2Na.2H/c1-3-5(7)6(8)4-12-13(9,10)11-2;;;;/h3,6,8H,1,4H2,2H3,(H,9,10);;;;. The van der Waals surface area contributed by atoms with Gasteiger partial charge >= 0.3 is 66.9 Å². The topological polar surface area (TPSA) is 93.1 Å². The number of hydrogen-bond acceptors (Lipinski definition) is 5. The Labute approximate surface area is 132 Å². The zero-order valence-electron chi connectivity index (χ0n) is 7.04. The molecule has 2 N–H and O–H groups in total. The molecule has 0 fully saturated rings. The molecule has 0 aliphatic heterocycles. The number of hydrogen-bond donors (Lipinski definition) is 2. The van der Waals surface area contributed by atoms with E-state index in [4.69, 9.17) is 10.00 Å². The number of aliphatic hydroxyl groups is 1. The van der Waals surface area contributed by atoms with Crippen molar-refractivity contribution in [2.45, 2.75) is 6.10 Å². The van der Waals surface area contributed by atoms with Crippen LogP contribution in [0.1, 0.15) is 0 Å². The predicted octanol–water partition coefficient (Wildman–Crippen LogP) is -1.43. The van der Waals surface area contributed by atoms with Crippen LogP contribution >= 0.6 is 7.82 Å². The first-order valence-electron chi connectivity index (χ1n) is 3.30. The van der Waals surface area contributed by atoms with Gasteiger partial charge in [0.05, 0.1) is 6.61 Å². The van der Waals surface area contributed by atoms with Gasteiger partial charge in [-0.05, 0) is 6.08 Å². The van der Waals surface area contributed by atoms with E-state index < -0.39 is 26.3 Å². The number of ketones is 1. The molecule has 9 heteroatoms. The van der Waals surface area contributed by atoms with Gasteiger partial charge < -0.3 is 10.00 Å². The summed E-state index contributed by atoms with van der Waals surface area (Å²) in [5, 5.41) is 8.94. The SMILES string of the molecule is C=CC(=O)C(O)COP(=O)(O)OC.[NaH].[NaH]. The van der Waals surface area contributed by atoms with Crippen LogP contribution in [0, 0.1) is 0 Å². The van der Waals surface area contributed by atoms with Crippen molar-refractivity contribution < 1.29 is 28.4 Å². The Morgan fingerprint density at radius 2 is 2.07 bits per heavy atom. The number of carbonyl (C=O) groups is 1. The molecule has 0 saturated carbocycles. The van der Waals surface area contributed by atoms with Crippen molar-refractivity contribution in [1.82, 2.24) is 0 Å². The van der Waals surface area contributed by atoms with E-state index in [1.165, 1.54) is 0 Å². The van der Waals surface area contributed by atoms with Crippen molar-refractivity contribution >= 4 is 72.7 Å². The first kappa shape index (κ1) is 21.7. The van der Waals surface area contributed by atoms with E-state index in [0.29, 0.717) is 0 Å². The molecule has 0 aromatic carbocycles. The van der Waals surface area contributed by atoms with Gasteiger partial charge in [0.15, 0.2) is 5.78 Å². The average molecular weight is 258 g/mol. The Morgan fingerprint density at radius 1 is 1.60 bits per heavy atom. The van der Waals surface area contributed by atoms with Crippen molar-refractivity contribution in [3.05, 3.63) is 12.7 Å². The third kappa shape index (κ3) is 10.4. The zero-order valence-corrected chi connectivity index (χ0v) is 7.94. The molecule has 2 unspecified atom stereocenters.